The number of carboxylic acids is 1. The van der Waals surface area contributed by atoms with Crippen molar-refractivity contribution in [3.63, 3.8) is 0 Å². The van der Waals surface area contributed by atoms with Crippen molar-refractivity contribution in [3.05, 3.63) is 58.1 Å². The number of nitrogens with one attached hydrogen (secondary N) is 1. The number of carboxylic acid groups (broad SMARTS) is 1. The normalized spacial score (nSPS) is 10.5. The van der Waals surface area contributed by atoms with Crippen LogP contribution in [-0.2, 0) is 0 Å². The molecule has 0 aliphatic heterocycles. The van der Waals surface area contributed by atoms with E-state index in [2.05, 4.69) is 5.32 Å². The minimum absolute atomic E-state index is 0.308. The van der Waals surface area contributed by atoms with Gasteiger partial charge >= 0.3 is 5.97 Å². The molecular weight excluding hydrogens is 326 g/mol. The highest BCUT2D eigenvalue weighted by Crippen LogP contribution is 2.22. The summed E-state index contributed by atoms with van der Waals surface area (Å²) in [5.74, 6) is -0.0976. The molecule has 0 spiro atoms. The number of aromatic carboxylic acids is 1. The minimum atomic E-state index is -0.914. The SMILES string of the molecule is Cc1cc(OCCCCNc2c(C)cccc2C(=O)O)ccc1Cl. The molecule has 0 saturated heterocycles. The number of halogens is 1. The fraction of sp³-hybridized carbons (Fsp3) is 0.316. The standard InChI is InChI=1S/C19H22ClNO3/c1-13-6-5-7-16(19(22)23)18(13)21-10-3-4-11-24-15-8-9-17(20)14(2)12-15/h5-9,12,21H,3-4,10-11H2,1-2H3,(H,22,23). The fourth-order valence-corrected chi connectivity index (χ4v) is 2.54. The quantitative estimate of drug-likeness (QED) is 0.665. The van der Waals surface area contributed by atoms with Gasteiger partial charge in [-0.1, -0.05) is 23.7 Å². The van der Waals surface area contributed by atoms with Gasteiger partial charge < -0.3 is 15.2 Å². The second kappa shape index (κ2) is 8.60. The van der Waals surface area contributed by atoms with E-state index in [1.54, 1.807) is 12.1 Å². The Morgan fingerprint density at radius 1 is 1.17 bits per heavy atom. The largest absolute Gasteiger partial charge is 0.494 e. The molecule has 0 bridgehead atoms. The van der Waals surface area contributed by atoms with Crippen LogP contribution in [0.5, 0.6) is 5.75 Å². The number of ether oxygens (including phenoxy) is 1. The van der Waals surface area contributed by atoms with Gasteiger partial charge in [0.25, 0.3) is 0 Å². The first-order valence-electron chi connectivity index (χ1n) is 7.95. The molecule has 0 amide bonds. The Balaban J connectivity index is 1.76. The molecule has 2 rings (SSSR count). The van der Waals surface area contributed by atoms with Crippen LogP contribution in [0.25, 0.3) is 0 Å². The van der Waals surface area contributed by atoms with E-state index in [9.17, 15) is 9.90 Å². The number of hydrogen-bond acceptors (Lipinski definition) is 3. The van der Waals surface area contributed by atoms with Crippen molar-refractivity contribution in [3.8, 4) is 5.75 Å². The Morgan fingerprint density at radius 3 is 2.67 bits per heavy atom. The molecule has 2 N–H and O–H groups in total. The first kappa shape index (κ1) is 18.1. The van der Waals surface area contributed by atoms with E-state index >= 15 is 0 Å². The average molecular weight is 348 g/mol. The lowest BCUT2D eigenvalue weighted by atomic mass is 10.1. The molecule has 128 valence electrons. The van der Waals surface area contributed by atoms with Gasteiger partial charge in [-0.15, -0.1) is 0 Å². The van der Waals surface area contributed by atoms with Crippen LogP contribution in [-0.4, -0.2) is 24.2 Å². The van der Waals surface area contributed by atoms with Gasteiger partial charge in [-0.25, -0.2) is 4.79 Å². The van der Waals surface area contributed by atoms with Crippen LogP contribution in [0, 0.1) is 13.8 Å². The number of benzene rings is 2. The first-order chi connectivity index (χ1) is 11.5. The maximum absolute atomic E-state index is 11.2. The van der Waals surface area contributed by atoms with E-state index in [1.165, 1.54) is 0 Å². The smallest absolute Gasteiger partial charge is 0.337 e. The van der Waals surface area contributed by atoms with Gasteiger partial charge in [0.2, 0.25) is 0 Å². The predicted octanol–water partition coefficient (Wildman–Crippen LogP) is 4.93. The third-order valence-electron chi connectivity index (χ3n) is 3.77. The highest BCUT2D eigenvalue weighted by atomic mass is 35.5. The predicted molar refractivity (Wildman–Crippen MR) is 97.5 cm³/mol. The highest BCUT2D eigenvalue weighted by molar-refractivity contribution is 6.31. The molecule has 0 fully saturated rings. The lowest BCUT2D eigenvalue weighted by Gasteiger charge is -2.13. The number of hydrogen-bond donors (Lipinski definition) is 2. The summed E-state index contributed by atoms with van der Waals surface area (Å²) in [5.41, 5.74) is 2.93. The molecule has 0 atom stereocenters. The van der Waals surface area contributed by atoms with Crippen LogP contribution < -0.4 is 10.1 Å². The molecule has 0 unspecified atom stereocenters. The van der Waals surface area contributed by atoms with E-state index in [-0.39, 0.29) is 0 Å². The van der Waals surface area contributed by atoms with Crippen LogP contribution in [0.3, 0.4) is 0 Å². The molecule has 0 saturated carbocycles. The molecule has 24 heavy (non-hydrogen) atoms. The van der Waals surface area contributed by atoms with Gasteiger partial charge in [0, 0.05) is 11.6 Å². The molecule has 0 aromatic heterocycles. The molecule has 0 heterocycles. The second-order valence-electron chi connectivity index (χ2n) is 5.70. The lowest BCUT2D eigenvalue weighted by Crippen LogP contribution is -2.10. The van der Waals surface area contributed by atoms with Gasteiger partial charge in [0.15, 0.2) is 0 Å². The Hall–Kier alpha value is -2.20. The number of rotatable bonds is 8. The second-order valence-corrected chi connectivity index (χ2v) is 6.10. The van der Waals surface area contributed by atoms with E-state index in [0.29, 0.717) is 24.4 Å². The third kappa shape index (κ3) is 4.90. The van der Waals surface area contributed by atoms with Crippen molar-refractivity contribution in [2.45, 2.75) is 26.7 Å². The summed E-state index contributed by atoms with van der Waals surface area (Å²) in [6.07, 6.45) is 1.77. The number of para-hydroxylation sites is 1. The summed E-state index contributed by atoms with van der Waals surface area (Å²) in [6.45, 7) is 5.17. The van der Waals surface area contributed by atoms with Gasteiger partial charge in [-0.2, -0.15) is 0 Å². The minimum Gasteiger partial charge on any atom is -0.494 e. The molecular formula is C19H22ClNO3. The van der Waals surface area contributed by atoms with Crippen LogP contribution in [0.1, 0.15) is 34.3 Å². The highest BCUT2D eigenvalue weighted by Gasteiger charge is 2.11. The Labute approximate surface area is 147 Å². The summed E-state index contributed by atoms with van der Waals surface area (Å²) in [4.78, 5) is 11.2. The molecule has 0 aliphatic rings. The maximum atomic E-state index is 11.2. The van der Waals surface area contributed by atoms with E-state index in [0.717, 1.165) is 34.7 Å². The topological polar surface area (TPSA) is 58.6 Å². The number of aryl methyl sites for hydroxylation is 2. The van der Waals surface area contributed by atoms with Crippen LogP contribution in [0.2, 0.25) is 5.02 Å². The van der Waals surface area contributed by atoms with Crippen molar-refractivity contribution in [1.29, 1.82) is 0 Å². The Bertz CT molecular complexity index is 716. The fourth-order valence-electron chi connectivity index (χ4n) is 2.42. The molecule has 0 radical (unpaired) electrons. The zero-order valence-corrected chi connectivity index (χ0v) is 14.7. The monoisotopic (exact) mass is 347 g/mol. The molecule has 2 aromatic carbocycles. The molecule has 2 aromatic rings. The maximum Gasteiger partial charge on any atom is 0.337 e. The van der Waals surface area contributed by atoms with E-state index in [4.69, 9.17) is 16.3 Å². The summed E-state index contributed by atoms with van der Waals surface area (Å²) in [5, 5.41) is 13.2. The van der Waals surface area contributed by atoms with Crippen LogP contribution in [0.4, 0.5) is 5.69 Å². The number of carbonyl (C=O) groups is 1. The van der Waals surface area contributed by atoms with Gasteiger partial charge in [0.05, 0.1) is 17.9 Å². The van der Waals surface area contributed by atoms with Crippen molar-refractivity contribution in [2.75, 3.05) is 18.5 Å². The van der Waals surface area contributed by atoms with Crippen LogP contribution in [0.15, 0.2) is 36.4 Å². The summed E-state index contributed by atoms with van der Waals surface area (Å²) in [6, 6.07) is 10.9. The summed E-state index contributed by atoms with van der Waals surface area (Å²) < 4.78 is 5.70. The van der Waals surface area contributed by atoms with Gasteiger partial charge in [-0.05, 0) is 62.1 Å². The summed E-state index contributed by atoms with van der Waals surface area (Å²) >= 11 is 5.98. The Morgan fingerprint density at radius 2 is 1.96 bits per heavy atom. The van der Waals surface area contributed by atoms with Gasteiger partial charge in [-0.3, -0.25) is 0 Å². The van der Waals surface area contributed by atoms with Crippen molar-refractivity contribution < 1.29 is 14.6 Å². The lowest BCUT2D eigenvalue weighted by molar-refractivity contribution is 0.0698. The summed E-state index contributed by atoms with van der Waals surface area (Å²) in [7, 11) is 0. The van der Waals surface area contributed by atoms with E-state index < -0.39 is 5.97 Å². The Kier molecular flexibility index (Phi) is 6.50. The first-order valence-corrected chi connectivity index (χ1v) is 8.32. The zero-order chi connectivity index (χ0) is 17.5. The molecule has 0 aliphatic carbocycles. The van der Waals surface area contributed by atoms with Crippen molar-refractivity contribution in [1.82, 2.24) is 0 Å². The average Bonchev–Trinajstić information content (AvgIpc) is 2.55. The molecule has 4 nitrogen and oxygen atoms in total. The van der Waals surface area contributed by atoms with Crippen molar-refractivity contribution in [2.24, 2.45) is 0 Å². The molecule has 5 heteroatoms. The zero-order valence-electron chi connectivity index (χ0n) is 13.9. The number of unbranched alkanes of at least 4 members (excludes halogenated alkanes) is 1. The van der Waals surface area contributed by atoms with Crippen LogP contribution >= 0.6 is 11.6 Å². The van der Waals surface area contributed by atoms with E-state index in [1.807, 2.05) is 38.1 Å². The third-order valence-corrected chi connectivity index (χ3v) is 4.20. The van der Waals surface area contributed by atoms with Crippen molar-refractivity contribution >= 4 is 23.3 Å². The van der Waals surface area contributed by atoms with Gasteiger partial charge in [0.1, 0.15) is 5.75 Å². The number of anilines is 1.